The quantitative estimate of drug-likeness (QED) is 0.520. The summed E-state index contributed by atoms with van der Waals surface area (Å²) in [5.74, 6) is 0.297. The average Bonchev–Trinajstić information content (AvgIpc) is 3.24. The van der Waals surface area contributed by atoms with Crippen LogP contribution in [-0.4, -0.2) is 15.7 Å². The van der Waals surface area contributed by atoms with E-state index < -0.39 is 4.90 Å². The number of aliphatic hydroxyl groups excluding tert-OH is 1. The van der Waals surface area contributed by atoms with Gasteiger partial charge in [0.05, 0.1) is 11.8 Å². The van der Waals surface area contributed by atoms with Gasteiger partial charge < -0.3 is 24.4 Å². The molecule has 0 unspecified atom stereocenters. The Balaban J connectivity index is 2.01. The second kappa shape index (κ2) is 6.15. The average molecular weight is 310 g/mol. The maximum absolute atomic E-state index is 11.1. The molecular formula is C17H12NO5-. The highest BCUT2D eigenvalue weighted by atomic mass is 16.8. The summed E-state index contributed by atoms with van der Waals surface area (Å²) < 4.78 is 10.6. The molecule has 23 heavy (non-hydrogen) atoms. The predicted molar refractivity (Wildman–Crippen MR) is 85.4 cm³/mol. The SMILES string of the molecule is [O-][N+]([O-])=C1C=CC=CC1=c1ccc(=CC=C(O)c2ccco2)o1. The molecular weight excluding hydrogens is 298 g/mol. The van der Waals surface area contributed by atoms with Crippen molar-refractivity contribution >= 4 is 23.1 Å². The van der Waals surface area contributed by atoms with Crippen LogP contribution < -0.4 is 10.8 Å². The van der Waals surface area contributed by atoms with Crippen molar-refractivity contribution in [2.24, 2.45) is 0 Å². The molecule has 0 bridgehead atoms. The molecule has 1 aliphatic rings. The van der Waals surface area contributed by atoms with E-state index in [9.17, 15) is 15.5 Å². The van der Waals surface area contributed by atoms with Gasteiger partial charge in [-0.05, 0) is 42.5 Å². The molecule has 2 aromatic heterocycles. The summed E-state index contributed by atoms with van der Waals surface area (Å²) in [6, 6.07) is 6.60. The van der Waals surface area contributed by atoms with Crippen LogP contribution in [0, 0.1) is 10.4 Å². The second-order valence-electron chi connectivity index (χ2n) is 4.67. The summed E-state index contributed by atoms with van der Waals surface area (Å²) in [4.78, 5) is -0.454. The smallest absolute Gasteiger partial charge is 0.233 e. The number of allylic oxidation sites excluding steroid dienone is 5. The van der Waals surface area contributed by atoms with Gasteiger partial charge in [0.15, 0.2) is 11.5 Å². The van der Waals surface area contributed by atoms with Crippen LogP contribution in [-0.2, 0) is 0 Å². The third-order valence-electron chi connectivity index (χ3n) is 3.17. The van der Waals surface area contributed by atoms with E-state index in [4.69, 9.17) is 8.83 Å². The molecule has 1 aliphatic carbocycles. The Hall–Kier alpha value is -3.41. The van der Waals surface area contributed by atoms with E-state index >= 15 is 0 Å². The molecule has 3 rings (SSSR count). The lowest BCUT2D eigenvalue weighted by atomic mass is 10.1. The van der Waals surface area contributed by atoms with Crippen LogP contribution in [0.3, 0.4) is 0 Å². The van der Waals surface area contributed by atoms with Crippen LogP contribution in [0.4, 0.5) is 0 Å². The standard InChI is InChI=1S/C17H12NO5/c19-15(17-6-3-11-22-17)9-7-12-8-10-16(23-12)13-4-1-2-5-14(13)18(20)21/h1-11H,(H-,19,20,21)/q-1. The third-order valence-corrected chi connectivity index (χ3v) is 3.17. The fourth-order valence-corrected chi connectivity index (χ4v) is 2.10. The Morgan fingerprint density at radius 3 is 2.70 bits per heavy atom. The lowest BCUT2D eigenvalue weighted by Crippen LogP contribution is -2.17. The van der Waals surface area contributed by atoms with Gasteiger partial charge in [0.2, 0.25) is 5.71 Å². The lowest BCUT2D eigenvalue weighted by Gasteiger charge is -2.09. The number of hydrogen-bond donors (Lipinski definition) is 1. The topological polar surface area (TPSA) is 95.6 Å². The number of nitrogens with zero attached hydrogens (tertiary/aromatic N) is 1. The molecule has 0 aliphatic heterocycles. The molecule has 0 radical (unpaired) electrons. The molecule has 1 N–H and O–H groups in total. The molecule has 2 aromatic rings. The molecule has 6 heteroatoms. The summed E-state index contributed by atoms with van der Waals surface area (Å²) in [7, 11) is 0. The van der Waals surface area contributed by atoms with Crippen molar-refractivity contribution in [2.75, 3.05) is 0 Å². The maximum Gasteiger partial charge on any atom is 0.233 e. The maximum atomic E-state index is 11.1. The normalized spacial score (nSPS) is 17.8. The van der Waals surface area contributed by atoms with Crippen molar-refractivity contribution < 1.29 is 18.8 Å². The first-order valence-corrected chi connectivity index (χ1v) is 6.76. The lowest BCUT2D eigenvalue weighted by molar-refractivity contribution is -0.376. The second-order valence-corrected chi connectivity index (χ2v) is 4.67. The van der Waals surface area contributed by atoms with Crippen molar-refractivity contribution in [3.63, 3.8) is 0 Å². The minimum Gasteiger partial charge on any atom is -0.612 e. The molecule has 0 atom stereocenters. The number of rotatable bonds is 2. The first-order chi connectivity index (χ1) is 11.1. The Labute approximate surface area is 130 Å². The van der Waals surface area contributed by atoms with Crippen LogP contribution in [0.25, 0.3) is 17.4 Å². The minimum absolute atomic E-state index is 0.0256. The van der Waals surface area contributed by atoms with Crippen LogP contribution in [0.1, 0.15) is 5.76 Å². The first-order valence-electron chi connectivity index (χ1n) is 6.76. The predicted octanol–water partition coefficient (Wildman–Crippen LogP) is 1.98. The summed E-state index contributed by atoms with van der Waals surface area (Å²) in [5.41, 5.74) is 1.21. The Morgan fingerprint density at radius 2 is 1.96 bits per heavy atom. The molecule has 0 saturated heterocycles. The van der Waals surface area contributed by atoms with Gasteiger partial charge >= 0.3 is 0 Å². The monoisotopic (exact) mass is 310 g/mol. The number of furan rings is 2. The molecule has 2 heterocycles. The zero-order valence-corrected chi connectivity index (χ0v) is 11.9. The van der Waals surface area contributed by atoms with E-state index in [0.29, 0.717) is 22.2 Å². The fourth-order valence-electron chi connectivity index (χ4n) is 2.10. The van der Waals surface area contributed by atoms with Gasteiger partial charge in [-0.25, -0.2) is 0 Å². The van der Waals surface area contributed by atoms with E-state index in [-0.39, 0.29) is 11.5 Å². The van der Waals surface area contributed by atoms with Gasteiger partial charge in [-0.3, -0.25) is 0 Å². The molecule has 0 saturated carbocycles. The minimum atomic E-state index is -0.454. The summed E-state index contributed by atoms with van der Waals surface area (Å²) in [6.07, 6.45) is 10.8. The number of aliphatic hydroxyl groups is 1. The van der Waals surface area contributed by atoms with Crippen molar-refractivity contribution in [1.29, 1.82) is 0 Å². The van der Waals surface area contributed by atoms with E-state index in [1.54, 1.807) is 48.6 Å². The van der Waals surface area contributed by atoms with Crippen LogP contribution in [0.2, 0.25) is 0 Å². The Morgan fingerprint density at radius 1 is 1.13 bits per heavy atom. The van der Waals surface area contributed by atoms with E-state index in [2.05, 4.69) is 0 Å². The van der Waals surface area contributed by atoms with Crippen LogP contribution in [0.5, 0.6) is 0 Å². The van der Waals surface area contributed by atoms with Gasteiger partial charge in [0.25, 0.3) is 0 Å². The third kappa shape index (κ3) is 3.11. The summed E-state index contributed by atoms with van der Waals surface area (Å²) >= 11 is 0. The summed E-state index contributed by atoms with van der Waals surface area (Å²) in [6.45, 7) is 0. The van der Waals surface area contributed by atoms with Crippen LogP contribution in [0.15, 0.2) is 69.7 Å². The molecule has 0 spiro atoms. The van der Waals surface area contributed by atoms with Crippen molar-refractivity contribution in [1.82, 2.24) is 0 Å². The fraction of sp³-hybridized carbons (Fsp3) is 0. The van der Waals surface area contributed by atoms with Crippen molar-refractivity contribution in [2.45, 2.75) is 0 Å². The van der Waals surface area contributed by atoms with E-state index in [1.165, 1.54) is 18.4 Å². The molecule has 0 amide bonds. The Bertz CT molecular complexity index is 936. The molecule has 0 aromatic carbocycles. The van der Waals surface area contributed by atoms with Gasteiger partial charge in [0.1, 0.15) is 10.8 Å². The highest BCUT2D eigenvalue weighted by Gasteiger charge is 2.13. The van der Waals surface area contributed by atoms with Crippen molar-refractivity contribution in [3.8, 4) is 0 Å². The zero-order chi connectivity index (χ0) is 16.2. The van der Waals surface area contributed by atoms with Crippen molar-refractivity contribution in [3.05, 3.63) is 87.9 Å². The highest BCUT2D eigenvalue weighted by Crippen LogP contribution is 2.11. The molecule has 0 fully saturated rings. The summed E-state index contributed by atoms with van der Waals surface area (Å²) in [5, 5.41) is 31.9. The first kappa shape index (κ1) is 14.5. The van der Waals surface area contributed by atoms with Gasteiger partial charge in [0, 0.05) is 6.08 Å². The molecule has 116 valence electrons. The van der Waals surface area contributed by atoms with Gasteiger partial charge in [-0.2, -0.15) is 4.90 Å². The van der Waals surface area contributed by atoms with Gasteiger partial charge in [-0.1, -0.05) is 12.2 Å². The zero-order valence-electron chi connectivity index (χ0n) is 11.9. The Kier molecular flexibility index (Phi) is 3.88. The highest BCUT2D eigenvalue weighted by molar-refractivity contribution is 6.25. The van der Waals surface area contributed by atoms with E-state index in [0.717, 1.165) is 0 Å². The largest absolute Gasteiger partial charge is 0.612 e. The molecule has 6 nitrogen and oxygen atoms in total. The number of hydrogen-bond acceptors (Lipinski definition) is 5. The van der Waals surface area contributed by atoms with E-state index in [1.807, 2.05) is 0 Å². The van der Waals surface area contributed by atoms with Gasteiger partial charge in [-0.15, -0.1) is 0 Å². The van der Waals surface area contributed by atoms with Crippen LogP contribution >= 0.6 is 0 Å².